The maximum atomic E-state index is 11.0. The van der Waals surface area contributed by atoms with Crippen LogP contribution in [0.4, 0.5) is 5.69 Å². The summed E-state index contributed by atoms with van der Waals surface area (Å²) < 4.78 is 0.957. The molecule has 90 valence electrons. The Morgan fingerprint density at radius 3 is 2.78 bits per heavy atom. The van der Waals surface area contributed by atoms with E-state index in [1.54, 1.807) is 0 Å². The molecule has 7 heteroatoms. The van der Waals surface area contributed by atoms with E-state index in [2.05, 4.69) is 31.4 Å². The molecule has 0 fully saturated rings. The summed E-state index contributed by atoms with van der Waals surface area (Å²) in [5, 5.41) is 13.3. The zero-order valence-electron chi connectivity index (χ0n) is 9.05. The Balaban J connectivity index is 2.12. The maximum absolute atomic E-state index is 11.0. The summed E-state index contributed by atoms with van der Waals surface area (Å²) in [5.74, 6) is 0.0375. The molecule has 0 bridgehead atoms. The largest absolute Gasteiger partial charge is 0.277 e. The van der Waals surface area contributed by atoms with Crippen LogP contribution in [-0.2, 0) is 4.79 Å². The van der Waals surface area contributed by atoms with E-state index in [1.807, 2.05) is 30.3 Å². The lowest BCUT2D eigenvalue weighted by Gasteiger charge is -2.01. The van der Waals surface area contributed by atoms with Crippen molar-refractivity contribution in [2.45, 2.75) is 0 Å². The molecule has 2 rings (SSSR count). The summed E-state index contributed by atoms with van der Waals surface area (Å²) in [7, 11) is 0. The molecule has 1 N–H and O–H groups in total. The van der Waals surface area contributed by atoms with Crippen molar-refractivity contribution in [2.75, 3.05) is 11.2 Å². The Morgan fingerprint density at radius 1 is 1.50 bits per heavy atom. The summed E-state index contributed by atoms with van der Waals surface area (Å²) in [6, 6.07) is 9.27. The smallest absolute Gasteiger partial charge is 0.257 e. The van der Waals surface area contributed by atoms with Crippen LogP contribution in [0.3, 0.4) is 0 Å². The van der Waals surface area contributed by atoms with Crippen LogP contribution in [0.25, 0.3) is 0 Å². The summed E-state index contributed by atoms with van der Waals surface area (Å²) in [4.78, 5) is 14.7. The van der Waals surface area contributed by atoms with Crippen molar-refractivity contribution >= 4 is 50.0 Å². The molecule has 0 saturated carbocycles. The lowest BCUT2D eigenvalue weighted by atomic mass is 10.3. The summed E-state index contributed by atoms with van der Waals surface area (Å²) >= 11 is 4.54. The highest BCUT2D eigenvalue weighted by atomic mass is 79.9. The average molecular weight is 323 g/mol. The number of hydrogen-bond donors (Lipinski definition) is 1. The topological polar surface area (TPSA) is 77.6 Å². The van der Waals surface area contributed by atoms with Crippen molar-refractivity contribution in [1.29, 1.82) is 5.26 Å². The molecule has 0 aromatic heterocycles. The second-order valence-corrected chi connectivity index (χ2v) is 5.17. The number of carbonyl (C=O) groups is 1. The molecule has 0 atom stereocenters. The first-order valence-corrected chi connectivity index (χ1v) is 6.71. The van der Waals surface area contributed by atoms with Gasteiger partial charge in [-0.3, -0.25) is 10.2 Å². The summed E-state index contributed by atoms with van der Waals surface area (Å²) in [6.45, 7) is 0. The highest BCUT2D eigenvalue weighted by molar-refractivity contribution is 9.10. The average Bonchev–Trinajstić information content (AvgIpc) is 2.79. The van der Waals surface area contributed by atoms with E-state index in [0.29, 0.717) is 5.04 Å². The predicted octanol–water partition coefficient (Wildman–Crippen LogP) is 2.41. The number of aliphatic imine (C=N–C) groups is 1. The number of nitriles is 1. The van der Waals surface area contributed by atoms with Crippen LogP contribution >= 0.6 is 27.7 Å². The minimum Gasteiger partial charge on any atom is -0.277 e. The first kappa shape index (κ1) is 12.8. The fraction of sp³-hybridized carbons (Fsp3) is 0.0909. The van der Waals surface area contributed by atoms with Crippen molar-refractivity contribution in [2.24, 2.45) is 10.1 Å². The van der Waals surface area contributed by atoms with E-state index in [4.69, 9.17) is 5.26 Å². The lowest BCUT2D eigenvalue weighted by molar-refractivity contribution is -0.115. The summed E-state index contributed by atoms with van der Waals surface area (Å²) in [5.41, 5.74) is 3.62. The molecule has 1 aliphatic heterocycles. The molecule has 1 amide bonds. The minimum atomic E-state index is -0.235. The molecule has 0 unspecified atom stereocenters. The van der Waals surface area contributed by atoms with Gasteiger partial charge in [-0.25, -0.2) is 4.99 Å². The van der Waals surface area contributed by atoms with Gasteiger partial charge >= 0.3 is 0 Å². The number of carbonyl (C=O) groups excluding carboxylic acids is 1. The fourth-order valence-electron chi connectivity index (χ4n) is 1.19. The van der Waals surface area contributed by atoms with Crippen LogP contribution in [0.5, 0.6) is 0 Å². The van der Waals surface area contributed by atoms with Crippen molar-refractivity contribution in [3.8, 4) is 6.07 Å². The van der Waals surface area contributed by atoms with Gasteiger partial charge in [0.2, 0.25) is 0 Å². The van der Waals surface area contributed by atoms with E-state index >= 15 is 0 Å². The van der Waals surface area contributed by atoms with E-state index < -0.39 is 0 Å². The third kappa shape index (κ3) is 3.18. The highest BCUT2D eigenvalue weighted by Crippen LogP contribution is 2.16. The van der Waals surface area contributed by atoms with E-state index in [1.165, 1.54) is 11.8 Å². The molecule has 0 saturated heterocycles. The zero-order valence-corrected chi connectivity index (χ0v) is 11.5. The Morgan fingerprint density at radius 2 is 2.22 bits per heavy atom. The van der Waals surface area contributed by atoms with E-state index in [9.17, 15) is 4.79 Å². The Labute approximate surface area is 116 Å². The zero-order chi connectivity index (χ0) is 13.0. The van der Waals surface area contributed by atoms with Gasteiger partial charge in [-0.2, -0.15) is 10.4 Å². The molecular weight excluding hydrogens is 316 g/mol. The van der Waals surface area contributed by atoms with Crippen molar-refractivity contribution in [3.63, 3.8) is 0 Å². The predicted molar refractivity (Wildman–Crippen MR) is 75.7 cm³/mol. The maximum Gasteiger partial charge on any atom is 0.257 e. The Hall–Kier alpha value is -1.65. The van der Waals surface area contributed by atoms with Gasteiger partial charge in [-0.05, 0) is 24.3 Å². The highest BCUT2D eigenvalue weighted by Gasteiger charge is 2.19. The molecule has 0 radical (unpaired) electrons. The molecule has 1 aromatic carbocycles. The number of anilines is 1. The van der Waals surface area contributed by atoms with Gasteiger partial charge in [0.25, 0.3) is 5.91 Å². The monoisotopic (exact) mass is 322 g/mol. The van der Waals surface area contributed by atoms with Gasteiger partial charge in [-0.1, -0.05) is 27.7 Å². The second kappa shape index (κ2) is 5.80. The molecule has 1 heterocycles. The third-order valence-electron chi connectivity index (χ3n) is 2.01. The number of hydrogen-bond acceptors (Lipinski definition) is 5. The summed E-state index contributed by atoms with van der Waals surface area (Å²) in [6.07, 6.45) is 0. The minimum absolute atomic E-state index is 0.119. The number of hydrazone groups is 1. The Kier molecular flexibility index (Phi) is 4.12. The molecule has 1 aromatic rings. The quantitative estimate of drug-likeness (QED) is 0.684. The van der Waals surface area contributed by atoms with Crippen LogP contribution in [0.2, 0.25) is 0 Å². The molecule has 5 nitrogen and oxygen atoms in total. The molecule has 18 heavy (non-hydrogen) atoms. The molecule has 1 aliphatic rings. The number of nitrogens with one attached hydrogen (secondary N) is 1. The van der Waals surface area contributed by atoms with Crippen LogP contribution in [-0.4, -0.2) is 22.4 Å². The van der Waals surface area contributed by atoms with Gasteiger partial charge < -0.3 is 0 Å². The Bertz CT molecular complexity index is 574. The van der Waals surface area contributed by atoms with Crippen LogP contribution in [0.15, 0.2) is 38.8 Å². The fourth-order valence-corrected chi connectivity index (χ4v) is 2.18. The number of thioether (sulfide) groups is 1. The number of amides is 1. The number of benzene rings is 1. The van der Waals surface area contributed by atoms with E-state index in [0.717, 1.165) is 10.2 Å². The van der Waals surface area contributed by atoms with Gasteiger partial charge in [0.05, 0.1) is 11.4 Å². The van der Waals surface area contributed by atoms with Crippen molar-refractivity contribution in [3.05, 3.63) is 28.7 Å². The second-order valence-electron chi connectivity index (χ2n) is 3.29. The van der Waals surface area contributed by atoms with E-state index in [-0.39, 0.29) is 17.4 Å². The molecular formula is C11H7BrN4OS. The van der Waals surface area contributed by atoms with Gasteiger partial charge in [0, 0.05) is 4.47 Å². The number of nitrogens with zero attached hydrogens (tertiary/aromatic N) is 3. The third-order valence-corrected chi connectivity index (χ3v) is 3.49. The first-order chi connectivity index (χ1) is 8.69. The number of rotatable bonds is 3. The van der Waals surface area contributed by atoms with Crippen LogP contribution < -0.4 is 5.43 Å². The van der Waals surface area contributed by atoms with Crippen molar-refractivity contribution in [1.82, 2.24) is 0 Å². The SMILES string of the molecule is N#C/C(=N\Nc1ccc(Br)cc1)C1=NC(=O)CS1. The first-order valence-electron chi connectivity index (χ1n) is 4.93. The van der Waals surface area contributed by atoms with Crippen LogP contribution in [0.1, 0.15) is 0 Å². The van der Waals surface area contributed by atoms with Crippen LogP contribution in [0, 0.1) is 11.3 Å². The molecule has 0 aliphatic carbocycles. The number of halogens is 1. The van der Waals surface area contributed by atoms with Gasteiger partial charge in [0.1, 0.15) is 11.1 Å². The molecule has 0 spiro atoms. The standard InChI is InChI=1S/C11H7BrN4OS/c12-7-1-3-8(4-2-7)15-16-9(5-13)11-14-10(17)6-18-11/h1-4,15H,6H2/b16-9+. The lowest BCUT2D eigenvalue weighted by Crippen LogP contribution is -2.08. The van der Waals surface area contributed by atoms with Gasteiger partial charge in [-0.15, -0.1) is 0 Å². The van der Waals surface area contributed by atoms with Crippen molar-refractivity contribution < 1.29 is 4.79 Å². The normalized spacial score (nSPS) is 15.2. The van der Waals surface area contributed by atoms with Gasteiger partial charge in [0.15, 0.2) is 5.71 Å².